The molecular formula is C21H28FN3O4Si. The topological polar surface area (TPSA) is 64.0 Å². The molecule has 7 nitrogen and oxygen atoms in total. The lowest BCUT2D eigenvalue weighted by molar-refractivity contribution is 0.0722. The van der Waals surface area contributed by atoms with E-state index in [4.69, 9.17) is 9.16 Å². The molecule has 4 rings (SSSR count). The summed E-state index contributed by atoms with van der Waals surface area (Å²) < 4.78 is 28.7. The Morgan fingerprint density at radius 1 is 1.23 bits per heavy atom. The minimum atomic E-state index is -2.19. The van der Waals surface area contributed by atoms with Crippen LogP contribution in [0, 0.1) is 5.82 Å². The fourth-order valence-corrected chi connectivity index (χ4v) is 4.68. The Morgan fingerprint density at radius 2 is 1.90 bits per heavy atom. The summed E-state index contributed by atoms with van der Waals surface area (Å²) in [5, 5.41) is 0.150. The molecule has 0 N–H and O–H groups in total. The quantitative estimate of drug-likeness (QED) is 0.694. The first-order chi connectivity index (χ1) is 14.1. The van der Waals surface area contributed by atoms with Gasteiger partial charge >= 0.3 is 5.97 Å². The molecule has 0 amide bonds. The van der Waals surface area contributed by atoms with Crippen molar-refractivity contribution >= 4 is 30.9 Å². The van der Waals surface area contributed by atoms with Gasteiger partial charge in [-0.15, -0.1) is 0 Å². The second-order valence-corrected chi connectivity index (χ2v) is 13.6. The van der Waals surface area contributed by atoms with Gasteiger partial charge in [0.25, 0.3) is 0 Å². The van der Waals surface area contributed by atoms with Crippen molar-refractivity contribution in [1.29, 1.82) is 0 Å². The lowest BCUT2D eigenvalue weighted by Gasteiger charge is -2.37. The van der Waals surface area contributed by atoms with Crippen molar-refractivity contribution in [2.45, 2.75) is 32.6 Å². The Labute approximate surface area is 176 Å². The van der Waals surface area contributed by atoms with Gasteiger partial charge in [0, 0.05) is 32.4 Å². The second kappa shape index (κ2) is 7.38. The van der Waals surface area contributed by atoms with Crippen molar-refractivity contribution in [1.82, 2.24) is 9.47 Å². The molecule has 162 valence electrons. The van der Waals surface area contributed by atoms with Gasteiger partial charge in [0.1, 0.15) is 17.9 Å². The zero-order chi connectivity index (χ0) is 21.8. The summed E-state index contributed by atoms with van der Waals surface area (Å²) in [7, 11) is -0.153. The number of rotatable bonds is 3. The molecular weight excluding hydrogens is 405 g/mol. The van der Waals surface area contributed by atoms with Crippen LogP contribution in [0.15, 0.2) is 17.1 Å². The minimum Gasteiger partial charge on any atom is -0.516 e. The molecule has 0 spiro atoms. The number of carbonyl (C=O) groups excluding carboxylic acids is 1. The highest BCUT2D eigenvalue weighted by Crippen LogP contribution is 2.42. The van der Waals surface area contributed by atoms with Gasteiger partial charge in [0.2, 0.25) is 13.7 Å². The van der Waals surface area contributed by atoms with Crippen LogP contribution in [-0.4, -0.2) is 63.6 Å². The van der Waals surface area contributed by atoms with Gasteiger partial charge < -0.3 is 23.5 Å². The number of anilines is 1. The van der Waals surface area contributed by atoms with Gasteiger partial charge in [-0.1, -0.05) is 0 Å². The molecule has 0 saturated carbocycles. The number of aromatic nitrogens is 1. The molecule has 0 bridgehead atoms. The van der Waals surface area contributed by atoms with Gasteiger partial charge in [-0.2, -0.15) is 0 Å². The summed E-state index contributed by atoms with van der Waals surface area (Å²) in [6, 6.07) is 1.14. The molecule has 1 saturated heterocycles. The van der Waals surface area contributed by atoms with Crippen molar-refractivity contribution in [3.8, 4) is 5.75 Å². The number of halogens is 1. The molecule has 1 fully saturated rings. The highest BCUT2D eigenvalue weighted by Gasteiger charge is 2.32. The van der Waals surface area contributed by atoms with E-state index in [1.165, 1.54) is 6.07 Å². The van der Waals surface area contributed by atoms with E-state index < -0.39 is 25.5 Å². The zero-order valence-corrected chi connectivity index (χ0v) is 19.1. The molecule has 1 aromatic carbocycles. The molecule has 9 heteroatoms. The van der Waals surface area contributed by atoms with Gasteiger partial charge in [-0.25, -0.2) is 9.18 Å². The maximum Gasteiger partial charge on any atom is 0.330 e. The third-order valence-corrected chi connectivity index (χ3v) is 6.38. The molecule has 0 aliphatic carbocycles. The highest BCUT2D eigenvalue weighted by molar-refractivity contribution is 6.71. The zero-order valence-electron chi connectivity index (χ0n) is 18.1. The minimum absolute atomic E-state index is 0.0589. The van der Waals surface area contributed by atoms with Crippen molar-refractivity contribution in [3.05, 3.63) is 33.9 Å². The number of piperazine rings is 1. The van der Waals surface area contributed by atoms with Crippen LogP contribution in [0.1, 0.15) is 23.3 Å². The summed E-state index contributed by atoms with van der Waals surface area (Å²) in [5.74, 6) is -0.764. The molecule has 2 aromatic rings. The Hall–Kier alpha value is -2.39. The second-order valence-electron chi connectivity index (χ2n) is 9.16. The van der Waals surface area contributed by atoms with Crippen LogP contribution in [-0.2, 0) is 4.43 Å². The maximum atomic E-state index is 15.3. The van der Waals surface area contributed by atoms with Gasteiger partial charge in [0.05, 0.1) is 16.9 Å². The fraction of sp³-hybridized carbons (Fsp3) is 0.524. The van der Waals surface area contributed by atoms with Gasteiger partial charge in [-0.3, -0.25) is 4.79 Å². The van der Waals surface area contributed by atoms with Crippen molar-refractivity contribution in [2.24, 2.45) is 0 Å². The van der Waals surface area contributed by atoms with Crippen LogP contribution in [0.3, 0.4) is 0 Å². The number of likely N-dealkylation sites (N-methyl/N-ethyl adjacent to an activating group) is 1. The Balaban J connectivity index is 1.92. The van der Waals surface area contributed by atoms with Crippen LogP contribution >= 0.6 is 0 Å². The van der Waals surface area contributed by atoms with E-state index in [2.05, 4.69) is 4.90 Å². The average Bonchev–Trinajstić information content (AvgIpc) is 2.65. The van der Waals surface area contributed by atoms with E-state index in [0.29, 0.717) is 36.6 Å². The summed E-state index contributed by atoms with van der Waals surface area (Å²) in [4.78, 5) is 30.0. The van der Waals surface area contributed by atoms with E-state index in [9.17, 15) is 9.59 Å². The van der Waals surface area contributed by atoms with E-state index >= 15 is 4.39 Å². The molecule has 2 aliphatic rings. The normalized spacial score (nSPS) is 19.7. The average molecular weight is 434 g/mol. The predicted molar refractivity (Wildman–Crippen MR) is 117 cm³/mol. The summed E-state index contributed by atoms with van der Waals surface area (Å²) >= 11 is 0. The van der Waals surface area contributed by atoms with Crippen LogP contribution in [0.4, 0.5) is 10.1 Å². The summed E-state index contributed by atoms with van der Waals surface area (Å²) in [5.41, 5.74) is 0.357. The first-order valence-corrected chi connectivity index (χ1v) is 13.7. The van der Waals surface area contributed by atoms with E-state index in [1.54, 1.807) is 6.20 Å². The van der Waals surface area contributed by atoms with Gasteiger partial charge in [-0.05, 0) is 39.7 Å². The number of ether oxygens (including phenoxy) is 1. The van der Waals surface area contributed by atoms with Crippen LogP contribution < -0.4 is 15.1 Å². The number of hydrogen-bond donors (Lipinski definition) is 0. The van der Waals surface area contributed by atoms with Crippen LogP contribution in [0.2, 0.25) is 19.6 Å². The number of hydrogen-bond acceptors (Lipinski definition) is 6. The smallest absolute Gasteiger partial charge is 0.330 e. The fourth-order valence-electron chi connectivity index (χ4n) is 4.01. The van der Waals surface area contributed by atoms with Crippen molar-refractivity contribution < 1.29 is 18.3 Å². The first-order valence-electron chi connectivity index (χ1n) is 10.3. The van der Waals surface area contributed by atoms with E-state index in [1.807, 2.05) is 43.1 Å². The first kappa shape index (κ1) is 20.9. The SMILES string of the molecule is C[C@H]1COc2c(N3CCN(C)CC3)c(F)cc3c(=O)c(C(=O)O[Si](C)(C)C)cn1c23. The molecule has 1 atom stereocenters. The maximum absolute atomic E-state index is 15.3. The molecule has 30 heavy (non-hydrogen) atoms. The number of nitrogens with zero attached hydrogens (tertiary/aromatic N) is 3. The molecule has 3 heterocycles. The molecule has 0 unspecified atom stereocenters. The van der Waals surface area contributed by atoms with E-state index in [-0.39, 0.29) is 17.0 Å². The lowest BCUT2D eigenvalue weighted by Crippen LogP contribution is -2.45. The number of benzene rings is 1. The van der Waals surface area contributed by atoms with E-state index in [0.717, 1.165) is 13.1 Å². The third kappa shape index (κ3) is 3.60. The summed E-state index contributed by atoms with van der Waals surface area (Å²) in [6.45, 7) is 10.9. The van der Waals surface area contributed by atoms with Crippen molar-refractivity contribution in [3.63, 3.8) is 0 Å². The molecule has 2 aliphatic heterocycles. The summed E-state index contributed by atoms with van der Waals surface area (Å²) in [6.07, 6.45) is 1.55. The number of carbonyl (C=O) groups is 1. The lowest BCUT2D eigenvalue weighted by atomic mass is 10.1. The third-order valence-electron chi connectivity index (χ3n) is 5.58. The predicted octanol–water partition coefficient (Wildman–Crippen LogP) is 2.84. The Bertz CT molecular complexity index is 1070. The number of pyridine rings is 1. The van der Waals surface area contributed by atoms with Crippen LogP contribution in [0.25, 0.3) is 10.9 Å². The highest BCUT2D eigenvalue weighted by atomic mass is 28.4. The molecule has 0 radical (unpaired) electrons. The molecule has 1 aromatic heterocycles. The standard InChI is InChI=1S/C21H28FN3O4Si/c1-13-12-28-20-17-14(10-16(22)18(20)24-8-6-23(2)7-9-24)19(26)15(11-25(13)17)21(27)29-30(3,4)5/h10-11,13H,6-9,12H2,1-5H3/t13-/m0/s1. The Kier molecular flexibility index (Phi) is 5.14. The Morgan fingerprint density at radius 3 is 2.53 bits per heavy atom. The van der Waals surface area contributed by atoms with Gasteiger partial charge in [0.15, 0.2) is 11.6 Å². The largest absolute Gasteiger partial charge is 0.516 e. The van der Waals surface area contributed by atoms with Crippen molar-refractivity contribution in [2.75, 3.05) is 44.7 Å². The monoisotopic (exact) mass is 433 g/mol. The van der Waals surface area contributed by atoms with Crippen LogP contribution in [0.5, 0.6) is 5.75 Å².